The molecule has 2 unspecified atom stereocenters. The maximum atomic E-state index is 9.75. The Hall–Kier alpha value is 0.481. The summed E-state index contributed by atoms with van der Waals surface area (Å²) in [5, 5.41) is 8.16. The molecule has 0 bridgehead atoms. The number of hydrogen-bond acceptors (Lipinski definition) is 1. The summed E-state index contributed by atoms with van der Waals surface area (Å²) in [4.78, 5) is 0. The van der Waals surface area contributed by atoms with E-state index in [-0.39, 0.29) is 0 Å². The zero-order valence-electron chi connectivity index (χ0n) is 10.1. The predicted molar refractivity (Wildman–Crippen MR) is 53.8 cm³/mol. The molecule has 0 aromatic rings. The van der Waals surface area contributed by atoms with Crippen molar-refractivity contribution in [1.29, 1.82) is 5.26 Å². The van der Waals surface area contributed by atoms with Gasteiger partial charge < -0.3 is 51.8 Å². The first-order valence-corrected chi connectivity index (χ1v) is 6.66. The quantitative estimate of drug-likeness (QED) is 0.461. The van der Waals surface area contributed by atoms with Crippen LogP contribution in [0.5, 0.6) is 0 Å². The van der Waals surface area contributed by atoms with Crippen molar-refractivity contribution in [2.45, 2.75) is 6.43 Å². The molecule has 1 aliphatic rings. The van der Waals surface area contributed by atoms with Gasteiger partial charge in [0.25, 0.3) is 0 Å². The van der Waals surface area contributed by atoms with Gasteiger partial charge in [-0.25, -0.2) is 0 Å². The van der Waals surface area contributed by atoms with Gasteiger partial charge in [-0.1, -0.05) is 0 Å². The normalized spacial score (nSPS) is 20.4. The first-order chi connectivity index (χ1) is 8.84. The Bertz CT molecular complexity index is 259. The third-order valence-corrected chi connectivity index (χ3v) is 3.27. The van der Waals surface area contributed by atoms with E-state index in [2.05, 4.69) is 6.07 Å². The molecule has 1 fully saturated rings. The van der Waals surface area contributed by atoms with E-state index in [0.717, 1.165) is 49.0 Å². The summed E-state index contributed by atoms with van der Waals surface area (Å²) >= 11 is 0.924. The van der Waals surface area contributed by atoms with Crippen molar-refractivity contribution in [2.75, 3.05) is 0 Å². The van der Waals surface area contributed by atoms with Crippen LogP contribution in [0.1, 0.15) is 6.42 Å². The van der Waals surface area contributed by atoms with Crippen LogP contribution in [0.25, 0.3) is 0 Å². The van der Waals surface area contributed by atoms with E-state index in [9.17, 15) is 51.8 Å². The van der Waals surface area contributed by atoms with E-state index >= 15 is 0 Å². The molecule has 0 heterocycles. The Morgan fingerprint density at radius 3 is 0.857 bits per heavy atom. The van der Waals surface area contributed by atoms with E-state index < -0.39 is 21.8 Å². The number of hydrogen-bond donors (Lipinski definition) is 0. The molecule has 0 aliphatic heterocycles. The topological polar surface area (TPSA) is 23.8 Å². The van der Waals surface area contributed by atoms with Crippen LogP contribution in [0.15, 0.2) is 0 Å². The van der Waals surface area contributed by atoms with Gasteiger partial charge in [0.2, 0.25) is 0 Å². The fourth-order valence-corrected chi connectivity index (χ4v) is 1.53. The van der Waals surface area contributed by atoms with Gasteiger partial charge in [0, 0.05) is 0 Å². The molecule has 0 amide bonds. The van der Waals surface area contributed by atoms with Gasteiger partial charge in [-0.2, -0.15) is 0 Å². The zero-order chi connectivity index (χ0) is 18.1. The van der Waals surface area contributed by atoms with Crippen LogP contribution in [0.4, 0.5) is 51.8 Å². The molecule has 0 radical (unpaired) electrons. The summed E-state index contributed by atoms with van der Waals surface area (Å²) in [5.74, 6) is 0.491. The molecule has 0 aromatic heterocycles. The zero-order valence-corrected chi connectivity index (χ0v) is 13.2. The number of nitriles is 1. The van der Waals surface area contributed by atoms with E-state index in [0.29, 0.717) is 5.92 Å². The van der Waals surface area contributed by atoms with Crippen LogP contribution in [0.3, 0.4) is 0 Å². The number of halogens is 12. The van der Waals surface area contributed by atoms with Crippen molar-refractivity contribution < 1.29 is 51.8 Å². The Labute approximate surface area is 145 Å². The minimum atomic E-state index is -6.00. The Morgan fingerprint density at radius 2 is 0.857 bits per heavy atom. The number of rotatable bonds is 0. The van der Waals surface area contributed by atoms with Crippen molar-refractivity contribution in [2.24, 2.45) is 5.92 Å². The number of nitrogens with zero attached hydrogens (tertiary/aromatic N) is 1. The molecular formula is C4H4B3F12KN-3. The van der Waals surface area contributed by atoms with Crippen LogP contribution < -0.4 is 0 Å². The van der Waals surface area contributed by atoms with Crippen LogP contribution in [-0.4, -0.2) is 70.7 Å². The Balaban J connectivity index is -0.000000207. The first kappa shape index (κ1) is 26.4. The summed E-state index contributed by atoms with van der Waals surface area (Å²) in [6.45, 7) is 0. The third kappa shape index (κ3) is 97.3. The van der Waals surface area contributed by atoms with Gasteiger partial charge in [0.15, 0.2) is 0 Å². The molecule has 1 aliphatic carbocycles. The second-order valence-electron chi connectivity index (χ2n) is 3.43. The van der Waals surface area contributed by atoms with Crippen molar-refractivity contribution >= 4 is 70.7 Å². The van der Waals surface area contributed by atoms with Crippen LogP contribution in [0, 0.1) is 17.2 Å². The summed E-state index contributed by atoms with van der Waals surface area (Å²) in [6.07, 6.45) is 1.22. The second kappa shape index (κ2) is 11.1. The summed E-state index contributed by atoms with van der Waals surface area (Å²) in [7, 11) is -18.0. The fourth-order valence-electron chi connectivity index (χ4n) is 0.502. The molecule has 1 nitrogen and oxygen atoms in total. The minimum absolute atomic E-state index is 0.491. The Kier molecular flexibility index (Phi) is 13.9. The van der Waals surface area contributed by atoms with E-state index in [1.807, 2.05) is 0 Å². The van der Waals surface area contributed by atoms with E-state index in [4.69, 9.17) is 5.26 Å². The van der Waals surface area contributed by atoms with Crippen LogP contribution >= 0.6 is 0 Å². The molecule has 17 heteroatoms. The van der Waals surface area contributed by atoms with Gasteiger partial charge in [0.1, 0.15) is 0 Å². The molecule has 2 atom stereocenters. The SMILES string of the molecule is F[B-](F)(F)F.F[B-](F)(F)F.F[B-](F)(F)F.N#CC1C[CH]1[K]. The van der Waals surface area contributed by atoms with Crippen molar-refractivity contribution in [3.8, 4) is 6.07 Å². The molecule has 1 saturated carbocycles. The standard InChI is InChI=1S/C4H4N.3BF4.K/c5-3-4-1-2-4;3*2-1(3,4)5;/h1,4H,2H2;;;;/q;3*-1;. The van der Waals surface area contributed by atoms with Crippen LogP contribution in [0.2, 0.25) is 0.0125 Å². The molecule has 0 N–H and O–H groups in total. The van der Waals surface area contributed by atoms with Crippen molar-refractivity contribution in [3.05, 3.63) is 0 Å². The van der Waals surface area contributed by atoms with Gasteiger partial charge >= 0.3 is 94.4 Å². The van der Waals surface area contributed by atoms with E-state index in [1.54, 1.807) is 0 Å². The Morgan fingerprint density at radius 1 is 0.714 bits per heavy atom. The molecule has 122 valence electrons. The molecule has 0 saturated heterocycles. The third-order valence-electron chi connectivity index (χ3n) is 1.28. The average molecular weight is 366 g/mol. The molecule has 0 aromatic carbocycles. The van der Waals surface area contributed by atoms with Gasteiger partial charge in [0.05, 0.1) is 0 Å². The van der Waals surface area contributed by atoms with Gasteiger partial charge in [-0.05, 0) is 0 Å². The van der Waals surface area contributed by atoms with Crippen LogP contribution in [-0.2, 0) is 0 Å². The molecule has 21 heavy (non-hydrogen) atoms. The van der Waals surface area contributed by atoms with Crippen molar-refractivity contribution in [3.63, 3.8) is 0 Å². The van der Waals surface area contributed by atoms with Gasteiger partial charge in [-0.3, -0.25) is 0 Å². The molecule has 1 rings (SSSR count). The average Bonchev–Trinajstić information content (AvgIpc) is 2.72. The fraction of sp³-hybridized carbons (Fsp3) is 0.750. The second-order valence-corrected chi connectivity index (χ2v) is 5.75. The monoisotopic (exact) mass is 366 g/mol. The first-order valence-electron chi connectivity index (χ1n) is 4.86. The summed E-state index contributed by atoms with van der Waals surface area (Å²) in [5.41, 5.74) is 0. The predicted octanol–water partition coefficient (Wildman–Crippen LogP) is 4.39. The molecular weight excluding hydrogens is 362 g/mol. The summed E-state index contributed by atoms with van der Waals surface area (Å²) < 4.78 is 118. The van der Waals surface area contributed by atoms with Crippen molar-refractivity contribution in [1.82, 2.24) is 0 Å². The van der Waals surface area contributed by atoms with Gasteiger partial charge in [-0.15, -0.1) is 0 Å². The molecule has 0 spiro atoms. The van der Waals surface area contributed by atoms with E-state index in [1.165, 1.54) is 6.42 Å². The summed E-state index contributed by atoms with van der Waals surface area (Å²) in [6, 6.07) is 2.24. The maximum absolute atomic E-state index is 9.75.